The average molecular weight is 524 g/mol. The smallest absolute Gasteiger partial charge is 0.363 e. The third-order valence-electron chi connectivity index (χ3n) is 4.79. The SMILES string of the molecule is CCOc1cc(/C=C2\N=C(c3ccc(F)cc3)OC2=O)cc(Br)c1OCC(=O)c1ccccc1. The number of cyclic esters (lactones) is 1. The highest BCUT2D eigenvalue weighted by Gasteiger charge is 2.24. The second-order valence-electron chi connectivity index (χ2n) is 7.18. The Morgan fingerprint density at radius 2 is 1.82 bits per heavy atom. The van der Waals surface area contributed by atoms with E-state index in [9.17, 15) is 14.0 Å². The number of carbonyl (C=O) groups excluding carboxylic acids is 2. The third kappa shape index (κ3) is 5.40. The van der Waals surface area contributed by atoms with Gasteiger partial charge in [-0.05, 0) is 70.9 Å². The Kier molecular flexibility index (Phi) is 7.18. The molecule has 1 aliphatic rings. The summed E-state index contributed by atoms with van der Waals surface area (Å²) in [5.74, 6) is -0.318. The molecule has 3 aromatic carbocycles. The molecule has 3 aromatic rings. The van der Waals surface area contributed by atoms with E-state index < -0.39 is 11.8 Å². The largest absolute Gasteiger partial charge is 0.490 e. The summed E-state index contributed by atoms with van der Waals surface area (Å²) in [6.07, 6.45) is 1.55. The highest BCUT2D eigenvalue weighted by molar-refractivity contribution is 9.10. The lowest BCUT2D eigenvalue weighted by Gasteiger charge is -2.14. The van der Waals surface area contributed by atoms with Crippen LogP contribution in [0.15, 0.2) is 81.9 Å². The maximum atomic E-state index is 13.2. The van der Waals surface area contributed by atoms with E-state index in [1.54, 1.807) is 42.5 Å². The fourth-order valence-corrected chi connectivity index (χ4v) is 3.78. The minimum Gasteiger partial charge on any atom is -0.490 e. The van der Waals surface area contributed by atoms with Crippen LogP contribution < -0.4 is 9.47 Å². The van der Waals surface area contributed by atoms with Gasteiger partial charge in [-0.15, -0.1) is 0 Å². The van der Waals surface area contributed by atoms with Crippen molar-refractivity contribution in [2.45, 2.75) is 6.92 Å². The number of benzene rings is 3. The summed E-state index contributed by atoms with van der Waals surface area (Å²) >= 11 is 3.46. The second kappa shape index (κ2) is 10.4. The van der Waals surface area contributed by atoms with Crippen molar-refractivity contribution in [1.29, 1.82) is 0 Å². The normalized spacial score (nSPS) is 14.0. The summed E-state index contributed by atoms with van der Waals surface area (Å²) < 4.78 is 30.4. The zero-order chi connectivity index (χ0) is 24.1. The molecule has 0 unspecified atom stereocenters. The summed E-state index contributed by atoms with van der Waals surface area (Å²) in [5.41, 5.74) is 1.73. The van der Waals surface area contributed by atoms with Crippen LogP contribution >= 0.6 is 15.9 Å². The number of aliphatic imine (C=N–C) groups is 1. The predicted octanol–water partition coefficient (Wildman–Crippen LogP) is 5.59. The van der Waals surface area contributed by atoms with Crippen molar-refractivity contribution in [2.75, 3.05) is 13.2 Å². The number of Topliss-reactive ketones (excluding diaryl/α,β-unsaturated/α-hetero) is 1. The number of halogens is 2. The fraction of sp³-hybridized carbons (Fsp3) is 0.115. The molecule has 0 amide bonds. The number of carbonyl (C=O) groups is 2. The van der Waals surface area contributed by atoms with Crippen molar-refractivity contribution >= 4 is 39.7 Å². The maximum Gasteiger partial charge on any atom is 0.363 e. The summed E-state index contributed by atoms with van der Waals surface area (Å²) in [4.78, 5) is 29.0. The molecule has 1 aliphatic heterocycles. The number of hydrogen-bond acceptors (Lipinski definition) is 6. The van der Waals surface area contributed by atoms with E-state index in [-0.39, 0.29) is 24.0 Å². The number of hydrogen-bond donors (Lipinski definition) is 0. The molecule has 8 heteroatoms. The van der Waals surface area contributed by atoms with Gasteiger partial charge in [-0.1, -0.05) is 30.3 Å². The number of rotatable bonds is 8. The lowest BCUT2D eigenvalue weighted by molar-refractivity contribution is -0.129. The first-order valence-corrected chi connectivity index (χ1v) is 11.2. The Labute approximate surface area is 203 Å². The van der Waals surface area contributed by atoms with Crippen molar-refractivity contribution in [3.05, 3.63) is 99.4 Å². The van der Waals surface area contributed by atoms with Gasteiger partial charge >= 0.3 is 5.97 Å². The van der Waals surface area contributed by atoms with Gasteiger partial charge in [0.1, 0.15) is 5.82 Å². The summed E-state index contributed by atoms with van der Waals surface area (Å²) in [5, 5.41) is 0. The molecule has 6 nitrogen and oxygen atoms in total. The number of ketones is 1. The molecule has 0 atom stereocenters. The van der Waals surface area contributed by atoms with Crippen LogP contribution in [-0.4, -0.2) is 30.9 Å². The molecule has 0 saturated carbocycles. The zero-order valence-electron chi connectivity index (χ0n) is 18.1. The van der Waals surface area contributed by atoms with Crippen molar-refractivity contribution in [1.82, 2.24) is 0 Å². The molecular formula is C26H19BrFNO5. The number of nitrogens with zero attached hydrogens (tertiary/aromatic N) is 1. The van der Waals surface area contributed by atoms with Crippen LogP contribution in [0.3, 0.4) is 0 Å². The van der Waals surface area contributed by atoms with E-state index >= 15 is 0 Å². The van der Waals surface area contributed by atoms with Crippen molar-refractivity contribution < 1.29 is 28.2 Å². The number of ether oxygens (including phenoxy) is 3. The Hall–Kier alpha value is -3.78. The van der Waals surface area contributed by atoms with Gasteiger partial charge in [0.15, 0.2) is 29.6 Å². The van der Waals surface area contributed by atoms with Crippen LogP contribution in [0.4, 0.5) is 4.39 Å². The lowest BCUT2D eigenvalue weighted by Crippen LogP contribution is -2.12. The first-order chi connectivity index (χ1) is 16.4. The van der Waals surface area contributed by atoms with Crippen LogP contribution in [0, 0.1) is 5.82 Å². The Bertz CT molecular complexity index is 1290. The fourth-order valence-electron chi connectivity index (χ4n) is 3.20. The van der Waals surface area contributed by atoms with Crippen molar-refractivity contribution in [2.24, 2.45) is 4.99 Å². The van der Waals surface area contributed by atoms with Gasteiger partial charge in [-0.25, -0.2) is 14.2 Å². The molecule has 172 valence electrons. The highest BCUT2D eigenvalue weighted by atomic mass is 79.9. The summed E-state index contributed by atoms with van der Waals surface area (Å²) in [6, 6.07) is 17.8. The second-order valence-corrected chi connectivity index (χ2v) is 8.04. The Morgan fingerprint density at radius 3 is 2.53 bits per heavy atom. The summed E-state index contributed by atoms with van der Waals surface area (Å²) in [6.45, 7) is 2.02. The molecule has 1 heterocycles. The quantitative estimate of drug-likeness (QED) is 0.218. The maximum absolute atomic E-state index is 13.2. The van der Waals surface area contributed by atoms with E-state index in [1.165, 1.54) is 24.3 Å². The summed E-state index contributed by atoms with van der Waals surface area (Å²) in [7, 11) is 0. The van der Waals surface area contributed by atoms with E-state index in [0.29, 0.717) is 39.3 Å². The van der Waals surface area contributed by atoms with Crippen LogP contribution in [-0.2, 0) is 9.53 Å². The van der Waals surface area contributed by atoms with Crippen LogP contribution in [0.1, 0.15) is 28.4 Å². The van der Waals surface area contributed by atoms with Gasteiger partial charge in [0.2, 0.25) is 5.90 Å². The third-order valence-corrected chi connectivity index (χ3v) is 5.38. The van der Waals surface area contributed by atoms with Crippen LogP contribution in [0.5, 0.6) is 11.5 Å². The van der Waals surface area contributed by atoms with Gasteiger partial charge in [0.05, 0.1) is 11.1 Å². The lowest BCUT2D eigenvalue weighted by atomic mass is 10.1. The molecule has 34 heavy (non-hydrogen) atoms. The van der Waals surface area contributed by atoms with Crippen LogP contribution in [0.25, 0.3) is 6.08 Å². The molecule has 0 fully saturated rings. The monoisotopic (exact) mass is 523 g/mol. The zero-order valence-corrected chi connectivity index (χ0v) is 19.7. The molecule has 0 bridgehead atoms. The highest BCUT2D eigenvalue weighted by Crippen LogP contribution is 2.38. The molecule has 0 saturated heterocycles. The molecular weight excluding hydrogens is 505 g/mol. The van der Waals surface area contributed by atoms with Gasteiger partial charge < -0.3 is 14.2 Å². The molecule has 0 aromatic heterocycles. The van der Waals surface area contributed by atoms with Crippen molar-refractivity contribution in [3.8, 4) is 11.5 Å². The standard InChI is InChI=1S/C26H19BrFNO5/c1-2-32-23-14-16(12-20(27)24(23)33-15-22(30)17-6-4-3-5-7-17)13-21-26(31)34-25(29-21)18-8-10-19(28)11-9-18/h3-14H,2,15H2,1H3/b21-13-. The molecule has 0 aliphatic carbocycles. The van der Waals surface area contributed by atoms with E-state index in [0.717, 1.165) is 0 Å². The Balaban J connectivity index is 1.58. The van der Waals surface area contributed by atoms with Crippen LogP contribution in [0.2, 0.25) is 0 Å². The average Bonchev–Trinajstić information content (AvgIpc) is 3.19. The van der Waals surface area contributed by atoms with Gasteiger partial charge in [0, 0.05) is 11.1 Å². The predicted molar refractivity (Wildman–Crippen MR) is 129 cm³/mol. The molecule has 0 radical (unpaired) electrons. The van der Waals surface area contributed by atoms with E-state index in [2.05, 4.69) is 20.9 Å². The van der Waals surface area contributed by atoms with E-state index in [4.69, 9.17) is 14.2 Å². The topological polar surface area (TPSA) is 74.2 Å². The van der Waals surface area contributed by atoms with Gasteiger partial charge in [-0.3, -0.25) is 4.79 Å². The molecule has 0 spiro atoms. The first kappa shape index (κ1) is 23.4. The van der Waals surface area contributed by atoms with Crippen molar-refractivity contribution in [3.63, 3.8) is 0 Å². The first-order valence-electron chi connectivity index (χ1n) is 10.4. The van der Waals surface area contributed by atoms with E-state index in [1.807, 2.05) is 13.0 Å². The van der Waals surface area contributed by atoms with Gasteiger partial charge in [0.25, 0.3) is 0 Å². The Morgan fingerprint density at radius 1 is 1.09 bits per heavy atom. The van der Waals surface area contributed by atoms with Gasteiger partial charge in [-0.2, -0.15) is 0 Å². The minimum absolute atomic E-state index is 0.0848. The number of esters is 1. The molecule has 0 N–H and O–H groups in total. The molecule has 4 rings (SSSR count). The minimum atomic E-state index is -0.623.